The van der Waals surface area contributed by atoms with E-state index in [0.29, 0.717) is 22.4 Å². The molecule has 0 unspecified atom stereocenters. The van der Waals surface area contributed by atoms with Crippen molar-refractivity contribution in [1.29, 1.82) is 0 Å². The van der Waals surface area contributed by atoms with Gasteiger partial charge < -0.3 is 4.79 Å². The molecule has 0 aromatic heterocycles. The summed E-state index contributed by atoms with van der Waals surface area (Å²) in [5.41, 5.74) is 1.18. The van der Waals surface area contributed by atoms with Crippen LogP contribution in [0.3, 0.4) is 0 Å². The molecular formula is C16H13ClFNO3. The van der Waals surface area contributed by atoms with Gasteiger partial charge in [-0.3, -0.25) is 10.1 Å². The molecule has 0 saturated carbocycles. The van der Waals surface area contributed by atoms with Crippen LogP contribution in [-0.4, -0.2) is 17.8 Å². The number of nitrogens with zero attached hydrogens (tertiary/aromatic N) is 1. The van der Waals surface area contributed by atoms with Crippen molar-refractivity contribution in [3.63, 3.8) is 0 Å². The van der Waals surface area contributed by atoms with Gasteiger partial charge in [-0.25, -0.2) is 4.39 Å². The molecule has 2 aromatic carbocycles. The van der Waals surface area contributed by atoms with E-state index in [1.54, 1.807) is 24.3 Å². The quantitative estimate of drug-likeness (QED) is 0.461. The zero-order chi connectivity index (χ0) is 16.1. The van der Waals surface area contributed by atoms with E-state index in [0.717, 1.165) is 0 Å². The summed E-state index contributed by atoms with van der Waals surface area (Å²) >= 11 is 5.82. The van der Waals surface area contributed by atoms with Gasteiger partial charge >= 0.3 is 0 Å². The van der Waals surface area contributed by atoms with E-state index >= 15 is 0 Å². The largest absolute Gasteiger partial charge is 0.303 e. The number of hydrogen-bond acceptors (Lipinski definition) is 3. The van der Waals surface area contributed by atoms with Crippen molar-refractivity contribution in [2.45, 2.75) is 11.8 Å². The Morgan fingerprint density at radius 2 is 1.64 bits per heavy atom. The maximum Gasteiger partial charge on any atom is 0.211 e. The van der Waals surface area contributed by atoms with Crippen molar-refractivity contribution in [3.8, 4) is 0 Å². The van der Waals surface area contributed by atoms with E-state index in [-0.39, 0.29) is 0 Å². The van der Waals surface area contributed by atoms with Crippen LogP contribution in [0.4, 0.5) is 4.39 Å². The summed E-state index contributed by atoms with van der Waals surface area (Å²) in [4.78, 5) is 22.0. The van der Waals surface area contributed by atoms with Crippen molar-refractivity contribution in [1.82, 2.24) is 0 Å². The molecule has 0 spiro atoms. The summed E-state index contributed by atoms with van der Waals surface area (Å²) in [6.45, 7) is -0.419. The third kappa shape index (κ3) is 3.89. The van der Waals surface area contributed by atoms with Gasteiger partial charge in [0.25, 0.3) is 0 Å². The average Bonchev–Trinajstić information content (AvgIpc) is 2.49. The lowest BCUT2D eigenvalue weighted by Crippen LogP contribution is -2.21. The Morgan fingerprint density at radius 1 is 1.09 bits per heavy atom. The molecule has 22 heavy (non-hydrogen) atoms. The molecule has 0 aliphatic rings. The van der Waals surface area contributed by atoms with E-state index in [1.165, 1.54) is 24.3 Å². The molecule has 2 aromatic rings. The summed E-state index contributed by atoms with van der Waals surface area (Å²) < 4.78 is 13.0. The van der Waals surface area contributed by atoms with Gasteiger partial charge in [0.1, 0.15) is 12.1 Å². The molecule has 0 aliphatic carbocycles. The van der Waals surface area contributed by atoms with Crippen LogP contribution >= 0.6 is 11.6 Å². The Balaban J connectivity index is 2.41. The lowest BCUT2D eigenvalue weighted by atomic mass is 9.82. The molecule has 2 atom stereocenters. The Labute approximate surface area is 131 Å². The summed E-state index contributed by atoms with van der Waals surface area (Å²) in [5.74, 6) is -1.81. The normalized spacial score (nSPS) is 13.4. The highest BCUT2D eigenvalue weighted by molar-refractivity contribution is 6.30. The Hall–Kier alpha value is -2.27. The van der Waals surface area contributed by atoms with Crippen molar-refractivity contribution in [2.75, 3.05) is 6.54 Å². The van der Waals surface area contributed by atoms with Crippen molar-refractivity contribution >= 4 is 17.9 Å². The molecule has 0 saturated heterocycles. The number of carbonyl (C=O) groups is 1. The van der Waals surface area contributed by atoms with E-state index in [4.69, 9.17) is 11.6 Å². The monoisotopic (exact) mass is 321 g/mol. The highest BCUT2D eigenvalue weighted by Crippen LogP contribution is 2.32. The van der Waals surface area contributed by atoms with Crippen molar-refractivity contribution in [3.05, 3.63) is 80.6 Å². The second kappa shape index (κ2) is 7.13. The van der Waals surface area contributed by atoms with Crippen molar-refractivity contribution < 1.29 is 14.1 Å². The van der Waals surface area contributed by atoms with Crippen molar-refractivity contribution in [2.24, 2.45) is 0 Å². The summed E-state index contributed by atoms with van der Waals surface area (Å²) in [7, 11) is 0. The van der Waals surface area contributed by atoms with Gasteiger partial charge in [-0.1, -0.05) is 35.9 Å². The highest BCUT2D eigenvalue weighted by Gasteiger charge is 2.29. The van der Waals surface area contributed by atoms with Crippen LogP contribution in [0.5, 0.6) is 0 Å². The Bertz CT molecular complexity index is 658. The molecule has 0 N–H and O–H groups in total. The molecule has 0 bridgehead atoms. The Morgan fingerprint density at radius 3 is 2.14 bits per heavy atom. The summed E-state index contributed by atoms with van der Waals surface area (Å²) in [5, 5.41) is 11.5. The molecule has 0 aliphatic heterocycles. The number of carbonyl (C=O) groups excluding carboxylic acids is 1. The van der Waals surface area contributed by atoms with Crippen LogP contribution in [0.2, 0.25) is 5.02 Å². The van der Waals surface area contributed by atoms with Crippen LogP contribution in [0, 0.1) is 15.9 Å². The van der Waals surface area contributed by atoms with E-state index in [2.05, 4.69) is 0 Å². The van der Waals surface area contributed by atoms with Crippen LogP contribution in [0.1, 0.15) is 23.0 Å². The summed E-state index contributed by atoms with van der Waals surface area (Å²) in [6, 6.07) is 12.0. The first-order valence-electron chi connectivity index (χ1n) is 6.59. The highest BCUT2D eigenvalue weighted by atomic mass is 35.5. The number of hydrogen-bond donors (Lipinski definition) is 0. The number of aldehydes is 1. The molecule has 2 rings (SSSR count). The minimum atomic E-state index is -0.701. The lowest BCUT2D eigenvalue weighted by Gasteiger charge is -2.20. The zero-order valence-corrected chi connectivity index (χ0v) is 12.2. The number of rotatable bonds is 6. The molecule has 0 heterocycles. The first-order valence-corrected chi connectivity index (χ1v) is 6.97. The fraction of sp³-hybridized carbons (Fsp3) is 0.188. The molecule has 6 heteroatoms. The molecular weight excluding hydrogens is 309 g/mol. The standard InChI is InChI=1S/C16H13ClFNO3/c17-13-5-1-12(2-6-13)16(10-20)15(9-19(21)22)11-3-7-14(18)8-4-11/h1-8,10,15-16H,9H2/t15-,16-/m1/s1. The van der Waals surface area contributed by atoms with E-state index in [1.807, 2.05) is 0 Å². The maximum atomic E-state index is 13.0. The van der Waals surface area contributed by atoms with Crippen LogP contribution in [0.25, 0.3) is 0 Å². The van der Waals surface area contributed by atoms with Gasteiger partial charge in [-0.15, -0.1) is 0 Å². The maximum absolute atomic E-state index is 13.0. The third-order valence-corrected chi connectivity index (χ3v) is 3.73. The van der Waals surface area contributed by atoms with Gasteiger partial charge in [0.2, 0.25) is 6.54 Å². The Kier molecular flexibility index (Phi) is 5.22. The SMILES string of the molecule is O=C[C@H](c1ccc(Cl)cc1)[C@H](C[N+](=O)[O-])c1ccc(F)cc1. The first kappa shape index (κ1) is 16.1. The minimum Gasteiger partial charge on any atom is -0.303 e. The van der Waals surface area contributed by atoms with E-state index in [9.17, 15) is 19.3 Å². The smallest absolute Gasteiger partial charge is 0.211 e. The van der Waals surface area contributed by atoms with Gasteiger partial charge in [-0.05, 0) is 35.4 Å². The third-order valence-electron chi connectivity index (χ3n) is 3.48. The summed E-state index contributed by atoms with van der Waals surface area (Å²) in [6.07, 6.45) is 0.681. The van der Waals surface area contributed by atoms with Crippen LogP contribution < -0.4 is 0 Å². The zero-order valence-electron chi connectivity index (χ0n) is 11.5. The number of nitro groups is 1. The fourth-order valence-electron chi connectivity index (χ4n) is 2.39. The lowest BCUT2D eigenvalue weighted by molar-refractivity contribution is -0.483. The predicted octanol–water partition coefficient (Wildman–Crippen LogP) is 3.82. The van der Waals surface area contributed by atoms with Gasteiger partial charge in [0, 0.05) is 9.95 Å². The van der Waals surface area contributed by atoms with Gasteiger partial charge in [-0.2, -0.15) is 0 Å². The van der Waals surface area contributed by atoms with Crippen LogP contribution in [0.15, 0.2) is 48.5 Å². The average molecular weight is 322 g/mol. The van der Waals surface area contributed by atoms with Crippen LogP contribution in [-0.2, 0) is 4.79 Å². The molecule has 4 nitrogen and oxygen atoms in total. The fourth-order valence-corrected chi connectivity index (χ4v) is 2.51. The topological polar surface area (TPSA) is 60.2 Å². The van der Waals surface area contributed by atoms with Gasteiger partial charge in [0.15, 0.2) is 0 Å². The molecule has 114 valence electrons. The predicted molar refractivity (Wildman–Crippen MR) is 81.3 cm³/mol. The minimum absolute atomic E-state index is 0.419. The number of halogens is 2. The van der Waals surface area contributed by atoms with Gasteiger partial charge in [0.05, 0.1) is 11.8 Å². The van der Waals surface area contributed by atoms with E-state index < -0.39 is 29.1 Å². The molecule has 0 amide bonds. The second-order valence-electron chi connectivity index (χ2n) is 4.89. The first-order chi connectivity index (χ1) is 10.5. The molecule has 0 radical (unpaired) electrons. The molecule has 0 fully saturated rings. The second-order valence-corrected chi connectivity index (χ2v) is 5.32. The number of benzene rings is 2.